The summed E-state index contributed by atoms with van der Waals surface area (Å²) < 4.78 is 15.2. The Bertz CT molecular complexity index is 1500. The van der Waals surface area contributed by atoms with Crippen LogP contribution in [0.2, 0.25) is 5.02 Å². The molecular formula is C20H16ClFN10O. The zero-order valence-corrected chi connectivity index (χ0v) is 17.8. The van der Waals surface area contributed by atoms with Gasteiger partial charge in [0.15, 0.2) is 5.82 Å². The lowest BCUT2D eigenvalue weighted by Crippen LogP contribution is -2.28. The fourth-order valence-corrected chi connectivity index (χ4v) is 3.53. The molecule has 0 aliphatic carbocycles. The Hall–Kier alpha value is -4.50. The third kappa shape index (κ3) is 3.92. The summed E-state index contributed by atoms with van der Waals surface area (Å²) in [7, 11) is 0. The van der Waals surface area contributed by atoms with Gasteiger partial charge in [0.2, 0.25) is 5.95 Å². The second-order valence-corrected chi connectivity index (χ2v) is 7.41. The second kappa shape index (κ2) is 8.21. The number of aromatic nitrogens is 5. The van der Waals surface area contributed by atoms with Crippen LogP contribution >= 0.6 is 11.6 Å². The Morgan fingerprint density at radius 1 is 1.21 bits per heavy atom. The van der Waals surface area contributed by atoms with E-state index in [0.717, 1.165) is 12.1 Å². The van der Waals surface area contributed by atoms with Crippen LogP contribution in [0.4, 0.5) is 27.8 Å². The van der Waals surface area contributed by atoms with Crippen molar-refractivity contribution in [2.45, 2.75) is 13.0 Å². The van der Waals surface area contributed by atoms with Crippen molar-refractivity contribution in [1.29, 1.82) is 5.26 Å². The molecule has 166 valence electrons. The van der Waals surface area contributed by atoms with Crippen LogP contribution in [-0.4, -0.2) is 24.5 Å². The van der Waals surface area contributed by atoms with Crippen LogP contribution < -0.4 is 28.1 Å². The highest BCUT2D eigenvalue weighted by atomic mass is 35.5. The maximum absolute atomic E-state index is 14.0. The van der Waals surface area contributed by atoms with E-state index in [2.05, 4.69) is 25.3 Å². The molecule has 0 amide bonds. The Morgan fingerprint density at radius 2 is 1.97 bits per heavy atom. The molecule has 4 aromatic rings. The molecule has 0 fully saturated rings. The third-order valence-corrected chi connectivity index (χ3v) is 5.04. The van der Waals surface area contributed by atoms with E-state index in [-0.39, 0.29) is 50.7 Å². The SMILES string of the molecule is CC(Nc1nc(N)nc(N)c1C#N)c1nc2c(Cl)cc(F)cc2c(=O)n1-c1ccc(N)nc1. The van der Waals surface area contributed by atoms with Gasteiger partial charge in [-0.05, 0) is 31.2 Å². The van der Waals surface area contributed by atoms with Gasteiger partial charge in [-0.1, -0.05) is 11.6 Å². The van der Waals surface area contributed by atoms with Crippen molar-refractivity contribution in [3.05, 3.63) is 63.0 Å². The summed E-state index contributed by atoms with van der Waals surface area (Å²) in [5.41, 5.74) is 16.9. The number of halogens is 2. The zero-order chi connectivity index (χ0) is 23.9. The van der Waals surface area contributed by atoms with Crippen LogP contribution in [0.3, 0.4) is 0 Å². The minimum absolute atomic E-state index is 0.0268. The van der Waals surface area contributed by atoms with Crippen molar-refractivity contribution in [2.24, 2.45) is 0 Å². The number of rotatable bonds is 4. The number of benzene rings is 1. The largest absolute Gasteiger partial charge is 0.384 e. The summed E-state index contributed by atoms with van der Waals surface area (Å²) in [5.74, 6) is -0.467. The van der Waals surface area contributed by atoms with E-state index in [1.807, 2.05) is 6.07 Å². The topological polar surface area (TPSA) is 187 Å². The van der Waals surface area contributed by atoms with Gasteiger partial charge in [0, 0.05) is 0 Å². The van der Waals surface area contributed by atoms with Gasteiger partial charge in [-0.25, -0.2) is 14.4 Å². The summed E-state index contributed by atoms with van der Waals surface area (Å²) in [6, 6.07) is 6.37. The average molecular weight is 467 g/mol. The molecule has 7 N–H and O–H groups in total. The lowest BCUT2D eigenvalue weighted by atomic mass is 10.2. The van der Waals surface area contributed by atoms with Crippen LogP contribution in [0.1, 0.15) is 24.4 Å². The van der Waals surface area contributed by atoms with Crippen molar-refractivity contribution >= 4 is 45.9 Å². The Balaban J connectivity index is 1.96. The van der Waals surface area contributed by atoms with E-state index in [0.29, 0.717) is 5.69 Å². The standard InChI is InChI=1S/C20H16ClFN10O/c1-8(28-17-12(6-23)16(25)30-20(26)31-17)18-29-15-11(4-9(22)5-13(15)21)19(33)32(18)10-2-3-14(24)27-7-10/h2-5,7-8H,1H3,(H2,24,27)(H5,25,26,28,30,31). The van der Waals surface area contributed by atoms with E-state index in [4.69, 9.17) is 28.8 Å². The number of nitriles is 1. The van der Waals surface area contributed by atoms with Crippen molar-refractivity contribution in [1.82, 2.24) is 24.5 Å². The smallest absolute Gasteiger partial charge is 0.266 e. The molecule has 0 saturated carbocycles. The first-order valence-corrected chi connectivity index (χ1v) is 9.80. The first-order valence-electron chi connectivity index (χ1n) is 9.42. The van der Waals surface area contributed by atoms with Crippen LogP contribution in [0.15, 0.2) is 35.3 Å². The highest BCUT2D eigenvalue weighted by Gasteiger charge is 2.22. The molecule has 1 atom stereocenters. The predicted octanol–water partition coefficient (Wildman–Crippen LogP) is 2.15. The highest BCUT2D eigenvalue weighted by molar-refractivity contribution is 6.35. The van der Waals surface area contributed by atoms with Crippen molar-refractivity contribution in [3.8, 4) is 11.8 Å². The molecule has 0 radical (unpaired) electrons. The maximum Gasteiger partial charge on any atom is 0.266 e. The number of anilines is 4. The molecule has 11 nitrogen and oxygen atoms in total. The van der Waals surface area contributed by atoms with Gasteiger partial charge in [0.1, 0.15) is 34.9 Å². The van der Waals surface area contributed by atoms with E-state index >= 15 is 0 Å². The van der Waals surface area contributed by atoms with Crippen LogP contribution in [0.25, 0.3) is 16.6 Å². The molecule has 33 heavy (non-hydrogen) atoms. The molecule has 1 aromatic carbocycles. The fraction of sp³-hybridized carbons (Fsp3) is 0.100. The molecule has 3 heterocycles. The summed E-state index contributed by atoms with van der Waals surface area (Å²) >= 11 is 6.18. The number of pyridine rings is 1. The summed E-state index contributed by atoms with van der Waals surface area (Å²) in [5, 5.41) is 12.4. The lowest BCUT2D eigenvalue weighted by molar-refractivity contribution is 0.629. The number of hydrogen-bond acceptors (Lipinski definition) is 10. The number of hydrogen-bond donors (Lipinski definition) is 4. The van der Waals surface area contributed by atoms with Crippen molar-refractivity contribution < 1.29 is 4.39 Å². The zero-order valence-electron chi connectivity index (χ0n) is 17.0. The van der Waals surface area contributed by atoms with E-state index in [1.165, 1.54) is 16.8 Å². The highest BCUT2D eigenvalue weighted by Crippen LogP contribution is 2.27. The summed E-state index contributed by atoms with van der Waals surface area (Å²) in [6.45, 7) is 1.67. The van der Waals surface area contributed by atoms with Gasteiger partial charge in [-0.3, -0.25) is 9.36 Å². The molecule has 0 spiro atoms. The lowest BCUT2D eigenvalue weighted by Gasteiger charge is -2.21. The van der Waals surface area contributed by atoms with Gasteiger partial charge in [-0.15, -0.1) is 0 Å². The first-order chi connectivity index (χ1) is 15.7. The molecule has 1 unspecified atom stereocenters. The number of nitrogen functional groups attached to an aromatic ring is 3. The average Bonchev–Trinajstić information content (AvgIpc) is 2.74. The molecule has 0 bridgehead atoms. The number of nitrogens with one attached hydrogen (secondary N) is 1. The summed E-state index contributed by atoms with van der Waals surface area (Å²) in [6.07, 6.45) is 1.38. The van der Waals surface area contributed by atoms with Gasteiger partial charge in [0.05, 0.1) is 33.9 Å². The second-order valence-electron chi connectivity index (χ2n) is 7.00. The molecule has 4 rings (SSSR count). The van der Waals surface area contributed by atoms with Gasteiger partial charge in [-0.2, -0.15) is 15.2 Å². The first kappa shape index (κ1) is 21.7. The molecule has 0 aliphatic heterocycles. The Kier molecular flexibility index (Phi) is 5.40. The maximum atomic E-state index is 14.0. The normalized spacial score (nSPS) is 11.8. The van der Waals surface area contributed by atoms with E-state index < -0.39 is 17.4 Å². The summed E-state index contributed by atoms with van der Waals surface area (Å²) in [4.78, 5) is 29.8. The monoisotopic (exact) mass is 466 g/mol. The minimum atomic E-state index is -0.735. The van der Waals surface area contributed by atoms with Crippen molar-refractivity contribution in [3.63, 3.8) is 0 Å². The molecule has 0 saturated heterocycles. The molecule has 3 aromatic heterocycles. The quantitative estimate of drug-likeness (QED) is 0.347. The number of nitrogens with zero attached hydrogens (tertiary/aromatic N) is 6. The van der Waals surface area contributed by atoms with Gasteiger partial charge in [0.25, 0.3) is 5.56 Å². The van der Waals surface area contributed by atoms with Crippen LogP contribution in [0.5, 0.6) is 0 Å². The Labute approximate surface area is 190 Å². The number of fused-ring (bicyclic) bond motifs is 1. The van der Waals surface area contributed by atoms with Crippen LogP contribution in [0, 0.1) is 17.1 Å². The Morgan fingerprint density at radius 3 is 2.64 bits per heavy atom. The van der Waals surface area contributed by atoms with Crippen LogP contribution in [-0.2, 0) is 0 Å². The molecule has 13 heteroatoms. The molecule has 0 aliphatic rings. The molecular weight excluding hydrogens is 451 g/mol. The van der Waals surface area contributed by atoms with Gasteiger partial charge >= 0.3 is 0 Å². The minimum Gasteiger partial charge on any atom is -0.384 e. The van der Waals surface area contributed by atoms with Gasteiger partial charge < -0.3 is 22.5 Å². The van der Waals surface area contributed by atoms with E-state index in [1.54, 1.807) is 13.0 Å². The third-order valence-electron chi connectivity index (χ3n) is 4.75. The van der Waals surface area contributed by atoms with Crippen molar-refractivity contribution in [2.75, 3.05) is 22.5 Å². The fourth-order valence-electron chi connectivity index (χ4n) is 3.28. The predicted molar refractivity (Wildman–Crippen MR) is 122 cm³/mol. The van der Waals surface area contributed by atoms with E-state index in [9.17, 15) is 14.4 Å². The number of nitrogens with two attached hydrogens (primary N) is 3.